The summed E-state index contributed by atoms with van der Waals surface area (Å²) < 4.78 is 27.8. The second-order valence-corrected chi connectivity index (χ2v) is 6.68. The molecule has 3 unspecified atom stereocenters. The SMILES string of the molecule is CC1CC1NS(=O)(=O)N1CCCC(C(=O)O)C1. The molecular formula is C10H18N2O4S. The molecule has 6 nitrogen and oxygen atoms in total. The molecule has 1 saturated carbocycles. The Morgan fingerprint density at radius 1 is 1.47 bits per heavy atom. The predicted molar refractivity (Wildman–Crippen MR) is 61.6 cm³/mol. The van der Waals surface area contributed by atoms with Gasteiger partial charge in [-0.15, -0.1) is 0 Å². The molecule has 2 fully saturated rings. The van der Waals surface area contributed by atoms with Crippen molar-refractivity contribution in [1.29, 1.82) is 0 Å². The first-order chi connectivity index (χ1) is 7.90. The lowest BCUT2D eigenvalue weighted by molar-refractivity contribution is -0.142. The van der Waals surface area contributed by atoms with Crippen LogP contribution in [0.4, 0.5) is 0 Å². The average Bonchev–Trinajstić information content (AvgIpc) is 2.93. The van der Waals surface area contributed by atoms with E-state index < -0.39 is 22.1 Å². The number of hydrogen-bond donors (Lipinski definition) is 2. The van der Waals surface area contributed by atoms with Gasteiger partial charge in [0.15, 0.2) is 0 Å². The zero-order valence-corrected chi connectivity index (χ0v) is 10.6. The van der Waals surface area contributed by atoms with Crippen LogP contribution in [-0.2, 0) is 15.0 Å². The minimum atomic E-state index is -3.50. The maximum absolute atomic E-state index is 12.0. The van der Waals surface area contributed by atoms with E-state index >= 15 is 0 Å². The largest absolute Gasteiger partial charge is 0.481 e. The topological polar surface area (TPSA) is 86.7 Å². The van der Waals surface area contributed by atoms with Crippen LogP contribution in [0.3, 0.4) is 0 Å². The Morgan fingerprint density at radius 3 is 2.65 bits per heavy atom. The maximum Gasteiger partial charge on any atom is 0.307 e. The third kappa shape index (κ3) is 2.97. The van der Waals surface area contributed by atoms with E-state index in [1.807, 2.05) is 6.92 Å². The highest BCUT2D eigenvalue weighted by atomic mass is 32.2. The van der Waals surface area contributed by atoms with E-state index in [0.717, 1.165) is 6.42 Å². The molecule has 2 N–H and O–H groups in total. The number of aliphatic carboxylic acids is 1. The van der Waals surface area contributed by atoms with Gasteiger partial charge in [-0.25, -0.2) is 0 Å². The Kier molecular flexibility index (Phi) is 3.42. The monoisotopic (exact) mass is 262 g/mol. The van der Waals surface area contributed by atoms with E-state index in [-0.39, 0.29) is 12.6 Å². The highest BCUT2D eigenvalue weighted by Gasteiger charge is 2.39. The summed E-state index contributed by atoms with van der Waals surface area (Å²) in [6.45, 7) is 2.50. The van der Waals surface area contributed by atoms with Crippen molar-refractivity contribution in [2.24, 2.45) is 11.8 Å². The molecule has 1 heterocycles. The Labute approximate surface area is 101 Å². The third-order valence-electron chi connectivity index (χ3n) is 3.48. The van der Waals surface area contributed by atoms with Gasteiger partial charge in [-0.05, 0) is 25.2 Å². The molecule has 2 aliphatic rings. The summed E-state index contributed by atoms with van der Waals surface area (Å²) in [6.07, 6.45) is 2.04. The Hall–Kier alpha value is -0.660. The van der Waals surface area contributed by atoms with Crippen molar-refractivity contribution < 1.29 is 18.3 Å². The number of piperidine rings is 1. The van der Waals surface area contributed by atoms with E-state index in [0.29, 0.717) is 25.3 Å². The van der Waals surface area contributed by atoms with Gasteiger partial charge in [0.2, 0.25) is 0 Å². The summed E-state index contributed by atoms with van der Waals surface area (Å²) in [4.78, 5) is 10.9. The van der Waals surface area contributed by atoms with Crippen LogP contribution in [0.25, 0.3) is 0 Å². The fourth-order valence-electron chi connectivity index (χ4n) is 2.11. The first kappa shape index (κ1) is 12.8. The summed E-state index contributed by atoms with van der Waals surface area (Å²) in [5, 5.41) is 8.92. The zero-order valence-electron chi connectivity index (χ0n) is 9.80. The summed E-state index contributed by atoms with van der Waals surface area (Å²) in [6, 6.07) is 0.0326. The number of carbonyl (C=O) groups is 1. The number of hydrogen-bond acceptors (Lipinski definition) is 3. The van der Waals surface area contributed by atoms with Gasteiger partial charge in [-0.2, -0.15) is 17.4 Å². The molecule has 0 spiro atoms. The molecule has 1 aliphatic carbocycles. The number of nitrogens with one attached hydrogen (secondary N) is 1. The van der Waals surface area contributed by atoms with Gasteiger partial charge < -0.3 is 5.11 Å². The lowest BCUT2D eigenvalue weighted by atomic mass is 10.0. The van der Waals surface area contributed by atoms with Crippen molar-refractivity contribution in [3.63, 3.8) is 0 Å². The van der Waals surface area contributed by atoms with E-state index in [2.05, 4.69) is 4.72 Å². The smallest absolute Gasteiger partial charge is 0.307 e. The molecule has 0 amide bonds. The number of rotatable bonds is 4. The second kappa shape index (κ2) is 4.55. The average molecular weight is 262 g/mol. The molecule has 98 valence electrons. The Bertz CT molecular complexity index is 409. The Morgan fingerprint density at radius 2 is 2.12 bits per heavy atom. The highest BCUT2D eigenvalue weighted by Crippen LogP contribution is 2.30. The minimum Gasteiger partial charge on any atom is -0.481 e. The summed E-state index contributed by atoms with van der Waals surface area (Å²) in [7, 11) is -3.50. The number of nitrogens with zero attached hydrogens (tertiary/aromatic N) is 1. The van der Waals surface area contributed by atoms with Crippen LogP contribution in [0.15, 0.2) is 0 Å². The molecule has 0 aromatic rings. The van der Waals surface area contributed by atoms with Gasteiger partial charge in [0, 0.05) is 19.1 Å². The fraction of sp³-hybridized carbons (Fsp3) is 0.900. The third-order valence-corrected chi connectivity index (χ3v) is 5.10. The number of carboxylic acid groups (broad SMARTS) is 1. The Balaban J connectivity index is 1.98. The lowest BCUT2D eigenvalue weighted by Crippen LogP contribution is -2.48. The summed E-state index contributed by atoms with van der Waals surface area (Å²) in [5.74, 6) is -1.09. The van der Waals surface area contributed by atoms with E-state index in [4.69, 9.17) is 5.11 Å². The van der Waals surface area contributed by atoms with E-state index in [1.54, 1.807) is 0 Å². The zero-order chi connectivity index (χ0) is 12.6. The van der Waals surface area contributed by atoms with Crippen LogP contribution in [0.5, 0.6) is 0 Å². The second-order valence-electron chi connectivity index (χ2n) is 4.98. The minimum absolute atomic E-state index is 0.0326. The molecule has 0 aromatic carbocycles. The van der Waals surface area contributed by atoms with Gasteiger partial charge in [0.25, 0.3) is 10.2 Å². The molecule has 0 radical (unpaired) electrons. The molecule has 2 rings (SSSR count). The van der Waals surface area contributed by atoms with Gasteiger partial charge in [-0.1, -0.05) is 6.92 Å². The number of carboxylic acids is 1. The molecule has 0 bridgehead atoms. The molecular weight excluding hydrogens is 244 g/mol. The van der Waals surface area contributed by atoms with Crippen molar-refractivity contribution in [1.82, 2.24) is 9.03 Å². The predicted octanol–water partition coefficient (Wildman–Crippen LogP) is 0.0258. The van der Waals surface area contributed by atoms with E-state index in [1.165, 1.54) is 4.31 Å². The van der Waals surface area contributed by atoms with Crippen molar-refractivity contribution in [3.8, 4) is 0 Å². The maximum atomic E-state index is 12.0. The molecule has 17 heavy (non-hydrogen) atoms. The summed E-state index contributed by atoms with van der Waals surface area (Å²) in [5.41, 5.74) is 0. The van der Waals surface area contributed by atoms with Crippen molar-refractivity contribution >= 4 is 16.2 Å². The van der Waals surface area contributed by atoms with Crippen LogP contribution >= 0.6 is 0 Å². The van der Waals surface area contributed by atoms with Gasteiger partial charge >= 0.3 is 5.97 Å². The van der Waals surface area contributed by atoms with Crippen molar-refractivity contribution in [2.45, 2.75) is 32.2 Å². The van der Waals surface area contributed by atoms with Crippen LogP contribution in [0.2, 0.25) is 0 Å². The van der Waals surface area contributed by atoms with Crippen molar-refractivity contribution in [3.05, 3.63) is 0 Å². The molecule has 0 aromatic heterocycles. The van der Waals surface area contributed by atoms with Gasteiger partial charge in [0.1, 0.15) is 0 Å². The standard InChI is InChI=1S/C10H18N2O4S/c1-7-5-9(7)11-17(15,16)12-4-2-3-8(6-12)10(13)14/h7-9,11H,2-6H2,1H3,(H,13,14). The quantitative estimate of drug-likeness (QED) is 0.748. The first-order valence-electron chi connectivity index (χ1n) is 5.90. The lowest BCUT2D eigenvalue weighted by Gasteiger charge is -2.29. The van der Waals surface area contributed by atoms with E-state index in [9.17, 15) is 13.2 Å². The first-order valence-corrected chi connectivity index (χ1v) is 7.34. The molecule has 1 saturated heterocycles. The van der Waals surface area contributed by atoms with Gasteiger partial charge in [0.05, 0.1) is 5.92 Å². The van der Waals surface area contributed by atoms with Crippen LogP contribution in [0, 0.1) is 11.8 Å². The van der Waals surface area contributed by atoms with Gasteiger partial charge in [-0.3, -0.25) is 4.79 Å². The molecule has 3 atom stereocenters. The fourth-order valence-corrected chi connectivity index (χ4v) is 3.72. The van der Waals surface area contributed by atoms with Crippen molar-refractivity contribution in [2.75, 3.05) is 13.1 Å². The molecule has 1 aliphatic heterocycles. The summed E-state index contributed by atoms with van der Waals surface area (Å²) >= 11 is 0. The van der Waals surface area contributed by atoms with Crippen LogP contribution in [-0.4, -0.2) is 42.9 Å². The van der Waals surface area contributed by atoms with Crippen LogP contribution in [0.1, 0.15) is 26.2 Å². The van der Waals surface area contributed by atoms with Crippen LogP contribution < -0.4 is 4.72 Å². The molecule has 7 heteroatoms. The highest BCUT2D eigenvalue weighted by molar-refractivity contribution is 7.87. The normalized spacial score (nSPS) is 34.5.